The Morgan fingerprint density at radius 1 is 1.07 bits per heavy atom. The third-order valence-electron chi connectivity index (χ3n) is 8.76. The molecule has 2 aromatic heterocycles. The normalized spacial score (nSPS) is 22.1. The van der Waals surface area contributed by atoms with Gasteiger partial charge in [0, 0.05) is 48.6 Å². The number of amides is 1. The van der Waals surface area contributed by atoms with Crippen LogP contribution in [0.5, 0.6) is 0 Å². The van der Waals surface area contributed by atoms with Crippen LogP contribution < -0.4 is 15.5 Å². The quantitative estimate of drug-likeness (QED) is 0.324. The lowest BCUT2D eigenvalue weighted by Crippen LogP contribution is -2.60. The lowest BCUT2D eigenvalue weighted by atomic mass is 9.84. The fourth-order valence-electron chi connectivity index (χ4n) is 6.39. The van der Waals surface area contributed by atoms with E-state index in [0.29, 0.717) is 55.6 Å². The van der Waals surface area contributed by atoms with Crippen LogP contribution in [0.1, 0.15) is 35.2 Å². The number of hydrogen-bond donors (Lipinski definition) is 3. The molecular weight excluding hydrogens is 554 g/mol. The maximum Gasteiger partial charge on any atom is 0.254 e. The van der Waals surface area contributed by atoms with Gasteiger partial charge in [0.25, 0.3) is 5.91 Å². The van der Waals surface area contributed by atoms with Crippen LogP contribution in [0.15, 0.2) is 66.9 Å². The lowest BCUT2D eigenvalue weighted by molar-refractivity contribution is -0.0699. The number of fused-ring (bicyclic) bond motifs is 2. The topological polar surface area (TPSA) is 107 Å². The van der Waals surface area contributed by atoms with E-state index in [9.17, 15) is 9.90 Å². The van der Waals surface area contributed by atoms with E-state index in [-0.39, 0.29) is 18.1 Å². The molecule has 3 aliphatic rings. The smallest absolute Gasteiger partial charge is 0.254 e. The summed E-state index contributed by atoms with van der Waals surface area (Å²) < 4.78 is 7.68. The molecule has 2 aromatic carbocycles. The Morgan fingerprint density at radius 2 is 1.86 bits per heavy atom. The zero-order chi connectivity index (χ0) is 28.7. The van der Waals surface area contributed by atoms with Crippen LogP contribution in [-0.4, -0.2) is 82.0 Å². The summed E-state index contributed by atoms with van der Waals surface area (Å²) in [4.78, 5) is 22.3. The van der Waals surface area contributed by atoms with E-state index in [1.807, 2.05) is 71.8 Å². The van der Waals surface area contributed by atoms with Crippen LogP contribution in [0.4, 0.5) is 17.3 Å². The number of morpholine rings is 1. The van der Waals surface area contributed by atoms with Crippen molar-refractivity contribution in [3.05, 3.63) is 83.0 Å². The van der Waals surface area contributed by atoms with E-state index in [2.05, 4.69) is 20.6 Å². The van der Waals surface area contributed by atoms with Crippen molar-refractivity contribution in [3.63, 3.8) is 0 Å². The highest BCUT2D eigenvalue weighted by molar-refractivity contribution is 6.30. The largest absolute Gasteiger partial charge is 0.385 e. The molecule has 3 saturated heterocycles. The van der Waals surface area contributed by atoms with Crippen LogP contribution in [0.25, 0.3) is 5.65 Å². The Morgan fingerprint density at radius 3 is 2.64 bits per heavy atom. The van der Waals surface area contributed by atoms with Gasteiger partial charge in [-0.15, -0.1) is 5.10 Å². The molecule has 1 amide bonds. The summed E-state index contributed by atoms with van der Waals surface area (Å²) in [6, 6.07) is 19.0. The van der Waals surface area contributed by atoms with E-state index >= 15 is 0 Å². The van der Waals surface area contributed by atoms with Crippen LogP contribution in [0.3, 0.4) is 0 Å². The third kappa shape index (κ3) is 5.20. The van der Waals surface area contributed by atoms with Crippen molar-refractivity contribution in [3.8, 4) is 0 Å². The molecule has 3 fully saturated rings. The maximum atomic E-state index is 13.3. The predicted octanol–water partition coefficient (Wildman–Crippen LogP) is 3.82. The van der Waals surface area contributed by atoms with Crippen LogP contribution in [0.2, 0.25) is 5.02 Å². The molecule has 0 saturated carbocycles. The summed E-state index contributed by atoms with van der Waals surface area (Å²) in [7, 11) is 0. The number of pyridine rings is 1. The van der Waals surface area contributed by atoms with Gasteiger partial charge in [0.2, 0.25) is 5.95 Å². The number of ether oxygens (including phenoxy) is 1. The minimum atomic E-state index is -0.878. The van der Waals surface area contributed by atoms with Crippen molar-refractivity contribution in [1.29, 1.82) is 0 Å². The van der Waals surface area contributed by atoms with Crippen molar-refractivity contribution in [2.24, 2.45) is 0 Å². The SMILES string of the molecule is O=C(c1ccc(Nc2nc3c(N4CCC(O)(c5ccc(Cl)cc5)CC4)cccn3n2)cc1)N1CCOC2CCNCC21. The van der Waals surface area contributed by atoms with Gasteiger partial charge in [0.15, 0.2) is 5.65 Å². The van der Waals surface area contributed by atoms with Gasteiger partial charge in [-0.05, 0) is 79.9 Å². The molecule has 0 aliphatic carbocycles. The average Bonchev–Trinajstić information content (AvgIpc) is 3.44. The van der Waals surface area contributed by atoms with Gasteiger partial charge in [-0.1, -0.05) is 23.7 Å². The second-order valence-corrected chi connectivity index (χ2v) is 11.7. The maximum absolute atomic E-state index is 13.3. The Kier molecular flexibility index (Phi) is 7.23. The highest BCUT2D eigenvalue weighted by atomic mass is 35.5. The number of anilines is 3. The Bertz CT molecular complexity index is 1570. The van der Waals surface area contributed by atoms with Crippen LogP contribution in [-0.2, 0) is 10.3 Å². The standard InChI is InChI=1S/C31H34ClN7O3/c32-23-7-5-22(6-8-23)31(41)12-16-37(17-13-31)25-2-1-15-39-28(25)35-30(36-39)34-24-9-3-21(4-10-24)29(40)38-18-19-42-27-11-14-33-20-26(27)38/h1-10,15,26-27,33,41H,11-14,16-20H2,(H,34,36). The second kappa shape index (κ2) is 11.2. The van der Waals surface area contributed by atoms with Crippen molar-refractivity contribution >= 4 is 40.5 Å². The summed E-state index contributed by atoms with van der Waals surface area (Å²) in [6.07, 6.45) is 4.11. The van der Waals surface area contributed by atoms with Gasteiger partial charge in [0.1, 0.15) is 0 Å². The van der Waals surface area contributed by atoms with E-state index < -0.39 is 5.60 Å². The molecule has 2 unspecified atom stereocenters. The number of carbonyl (C=O) groups excluding carboxylic acids is 1. The molecule has 3 aliphatic heterocycles. The van der Waals surface area contributed by atoms with Crippen molar-refractivity contribution in [2.75, 3.05) is 49.5 Å². The zero-order valence-corrected chi connectivity index (χ0v) is 24.0. The number of aliphatic hydroxyl groups is 1. The number of nitrogens with one attached hydrogen (secondary N) is 2. The first-order valence-corrected chi connectivity index (χ1v) is 14.9. The zero-order valence-electron chi connectivity index (χ0n) is 23.2. The summed E-state index contributed by atoms with van der Waals surface area (Å²) in [5.41, 5.74) is 3.18. The average molecular weight is 588 g/mol. The molecule has 0 radical (unpaired) electrons. The molecule has 4 aromatic rings. The van der Waals surface area contributed by atoms with E-state index in [1.165, 1.54) is 0 Å². The van der Waals surface area contributed by atoms with Gasteiger partial charge < -0.3 is 30.3 Å². The van der Waals surface area contributed by atoms with E-state index in [1.54, 1.807) is 4.52 Å². The van der Waals surface area contributed by atoms with Gasteiger partial charge >= 0.3 is 0 Å². The number of nitrogens with zero attached hydrogens (tertiary/aromatic N) is 5. The van der Waals surface area contributed by atoms with Gasteiger partial charge in [-0.3, -0.25) is 4.79 Å². The highest BCUT2D eigenvalue weighted by Crippen LogP contribution is 2.36. The summed E-state index contributed by atoms with van der Waals surface area (Å²) >= 11 is 6.05. The fraction of sp³-hybridized carbons (Fsp3) is 0.387. The highest BCUT2D eigenvalue weighted by Gasteiger charge is 2.37. The number of halogens is 1. The van der Waals surface area contributed by atoms with Crippen LogP contribution in [0, 0.1) is 0 Å². The predicted molar refractivity (Wildman–Crippen MR) is 162 cm³/mol. The molecule has 5 heterocycles. The minimum Gasteiger partial charge on any atom is -0.385 e. The first-order valence-electron chi connectivity index (χ1n) is 14.6. The lowest BCUT2D eigenvalue weighted by Gasteiger charge is -2.44. The van der Waals surface area contributed by atoms with Crippen molar-refractivity contribution in [2.45, 2.75) is 37.0 Å². The molecule has 10 nitrogen and oxygen atoms in total. The summed E-state index contributed by atoms with van der Waals surface area (Å²) in [5, 5.41) is 23.3. The Balaban J connectivity index is 1.03. The molecule has 218 valence electrons. The second-order valence-electron chi connectivity index (χ2n) is 11.3. The number of aromatic nitrogens is 3. The fourth-order valence-corrected chi connectivity index (χ4v) is 6.52. The number of piperidine rings is 2. The van der Waals surface area contributed by atoms with E-state index in [0.717, 1.165) is 42.1 Å². The summed E-state index contributed by atoms with van der Waals surface area (Å²) in [6.45, 7) is 4.24. The molecule has 7 rings (SSSR count). The third-order valence-corrected chi connectivity index (χ3v) is 9.01. The Hall–Kier alpha value is -3.70. The minimum absolute atomic E-state index is 0.0311. The molecule has 3 N–H and O–H groups in total. The molecule has 42 heavy (non-hydrogen) atoms. The van der Waals surface area contributed by atoms with Gasteiger partial charge in [0.05, 0.1) is 30.0 Å². The van der Waals surface area contributed by atoms with Crippen molar-refractivity contribution in [1.82, 2.24) is 24.8 Å². The number of rotatable bonds is 5. The van der Waals surface area contributed by atoms with E-state index in [4.69, 9.17) is 21.3 Å². The van der Waals surface area contributed by atoms with Crippen molar-refractivity contribution < 1.29 is 14.6 Å². The van der Waals surface area contributed by atoms with Gasteiger partial charge in [-0.2, -0.15) is 4.98 Å². The molecule has 2 atom stereocenters. The number of benzene rings is 2. The number of hydrogen-bond acceptors (Lipinski definition) is 8. The molecular formula is C31H34ClN7O3. The van der Waals surface area contributed by atoms with Gasteiger partial charge in [-0.25, -0.2) is 4.52 Å². The van der Waals surface area contributed by atoms with Crippen LogP contribution >= 0.6 is 11.6 Å². The molecule has 0 bridgehead atoms. The Labute approximate surface area is 249 Å². The molecule has 0 spiro atoms. The summed E-state index contributed by atoms with van der Waals surface area (Å²) in [5.74, 6) is 0.504. The first kappa shape index (κ1) is 27.2. The monoisotopic (exact) mass is 587 g/mol. The first-order chi connectivity index (χ1) is 20.5. The molecule has 11 heteroatoms. The number of carbonyl (C=O) groups is 1.